The molecule has 1 atom stereocenters. The van der Waals surface area contributed by atoms with Crippen LogP contribution in [0.2, 0.25) is 8.67 Å². The van der Waals surface area contributed by atoms with Crippen molar-refractivity contribution in [2.75, 3.05) is 13.2 Å². The summed E-state index contributed by atoms with van der Waals surface area (Å²) in [6.45, 7) is 3.91. The average molecular weight is 306 g/mol. The molecule has 0 saturated carbocycles. The summed E-state index contributed by atoms with van der Waals surface area (Å²) < 4.78 is 6.93. The molecule has 100 valence electrons. The molecule has 0 spiro atoms. The van der Waals surface area contributed by atoms with Crippen LogP contribution < -0.4 is 5.32 Å². The van der Waals surface area contributed by atoms with E-state index in [1.54, 1.807) is 0 Å². The van der Waals surface area contributed by atoms with E-state index in [-0.39, 0.29) is 6.04 Å². The average Bonchev–Trinajstić information content (AvgIpc) is 2.70. The Hall–Kier alpha value is -0.220. The van der Waals surface area contributed by atoms with Gasteiger partial charge in [0.25, 0.3) is 0 Å². The third-order valence-corrected chi connectivity index (χ3v) is 4.44. The largest absolute Gasteiger partial charge is 0.501 e. The highest BCUT2D eigenvalue weighted by Crippen LogP contribution is 2.39. The van der Waals surface area contributed by atoms with E-state index in [4.69, 9.17) is 27.9 Å². The lowest BCUT2D eigenvalue weighted by molar-refractivity contribution is 0.219. The lowest BCUT2D eigenvalue weighted by Crippen LogP contribution is -2.25. The molecule has 18 heavy (non-hydrogen) atoms. The van der Waals surface area contributed by atoms with Gasteiger partial charge in [0.15, 0.2) is 0 Å². The van der Waals surface area contributed by atoms with Crippen LogP contribution in [0.3, 0.4) is 0 Å². The monoisotopic (exact) mass is 305 g/mol. The molecule has 0 aromatic carbocycles. The standard InChI is InChI=1S/C13H17Cl2NOS/c1-2-5-16-12(9-4-3-6-17-8-9)10-7-11(14)18-13(10)15/h7-8,12,16H,2-6H2,1H3. The summed E-state index contributed by atoms with van der Waals surface area (Å²) in [6, 6.07) is 2.08. The fourth-order valence-corrected chi connectivity index (χ4v) is 3.61. The zero-order valence-electron chi connectivity index (χ0n) is 10.3. The Balaban J connectivity index is 2.23. The van der Waals surface area contributed by atoms with Gasteiger partial charge in [0.1, 0.15) is 0 Å². The molecule has 1 aromatic heterocycles. The number of nitrogens with one attached hydrogen (secondary N) is 1. The smallest absolute Gasteiger partial charge is 0.0995 e. The molecule has 0 bridgehead atoms. The second-order valence-electron chi connectivity index (χ2n) is 4.33. The third kappa shape index (κ3) is 3.41. The molecule has 1 aliphatic heterocycles. The van der Waals surface area contributed by atoms with E-state index < -0.39 is 0 Å². The minimum absolute atomic E-state index is 0.126. The van der Waals surface area contributed by atoms with Gasteiger partial charge in [-0.15, -0.1) is 11.3 Å². The Morgan fingerprint density at radius 3 is 2.89 bits per heavy atom. The summed E-state index contributed by atoms with van der Waals surface area (Å²) in [5, 5.41) is 3.52. The van der Waals surface area contributed by atoms with Crippen molar-refractivity contribution in [1.82, 2.24) is 5.32 Å². The van der Waals surface area contributed by atoms with Gasteiger partial charge in [-0.3, -0.25) is 0 Å². The van der Waals surface area contributed by atoms with Crippen molar-refractivity contribution in [2.45, 2.75) is 32.2 Å². The predicted octanol–water partition coefficient (Wildman–Crippen LogP) is 4.79. The minimum Gasteiger partial charge on any atom is -0.501 e. The fourth-order valence-electron chi connectivity index (χ4n) is 2.08. The summed E-state index contributed by atoms with van der Waals surface area (Å²) in [6.07, 6.45) is 5.07. The summed E-state index contributed by atoms with van der Waals surface area (Å²) in [5.41, 5.74) is 2.32. The minimum atomic E-state index is 0.126. The quantitative estimate of drug-likeness (QED) is 0.844. The first kappa shape index (κ1) is 14.2. The zero-order valence-corrected chi connectivity index (χ0v) is 12.7. The molecule has 0 aliphatic carbocycles. The highest BCUT2D eigenvalue weighted by Gasteiger charge is 2.22. The van der Waals surface area contributed by atoms with E-state index >= 15 is 0 Å². The van der Waals surface area contributed by atoms with Crippen LogP contribution in [-0.4, -0.2) is 13.2 Å². The Morgan fingerprint density at radius 1 is 1.50 bits per heavy atom. The molecule has 2 heterocycles. The Labute approximate surface area is 122 Å². The Morgan fingerprint density at radius 2 is 2.33 bits per heavy atom. The van der Waals surface area contributed by atoms with E-state index in [2.05, 4.69) is 12.2 Å². The number of ether oxygens (including phenoxy) is 1. The van der Waals surface area contributed by atoms with E-state index in [1.165, 1.54) is 16.9 Å². The number of hydrogen-bond acceptors (Lipinski definition) is 3. The van der Waals surface area contributed by atoms with Gasteiger partial charge in [-0.05, 0) is 37.4 Å². The molecular weight excluding hydrogens is 289 g/mol. The second kappa shape index (κ2) is 6.80. The third-order valence-electron chi connectivity index (χ3n) is 2.93. The first-order valence-corrected chi connectivity index (χ1v) is 7.78. The molecule has 2 nitrogen and oxygen atoms in total. The van der Waals surface area contributed by atoms with Gasteiger partial charge >= 0.3 is 0 Å². The van der Waals surface area contributed by atoms with Crippen LogP contribution in [0.1, 0.15) is 37.8 Å². The number of hydrogen-bond donors (Lipinski definition) is 1. The van der Waals surface area contributed by atoms with Crippen LogP contribution in [0.25, 0.3) is 0 Å². The van der Waals surface area contributed by atoms with Crippen molar-refractivity contribution in [3.63, 3.8) is 0 Å². The lowest BCUT2D eigenvalue weighted by Gasteiger charge is -2.24. The molecule has 0 amide bonds. The molecule has 1 aliphatic rings. The fraction of sp³-hybridized carbons (Fsp3) is 0.538. The molecule has 0 radical (unpaired) electrons. The number of rotatable bonds is 5. The van der Waals surface area contributed by atoms with Crippen molar-refractivity contribution in [3.05, 3.63) is 32.1 Å². The zero-order chi connectivity index (χ0) is 13.0. The molecule has 0 saturated heterocycles. The SMILES string of the molecule is CCCNC(C1=COCCC1)c1cc(Cl)sc1Cl. The van der Waals surface area contributed by atoms with Crippen molar-refractivity contribution in [1.29, 1.82) is 0 Å². The summed E-state index contributed by atoms with van der Waals surface area (Å²) in [4.78, 5) is 0. The first-order valence-electron chi connectivity index (χ1n) is 6.21. The first-order chi connectivity index (χ1) is 8.72. The van der Waals surface area contributed by atoms with Gasteiger partial charge in [-0.25, -0.2) is 0 Å². The van der Waals surface area contributed by atoms with E-state index in [1.807, 2.05) is 12.3 Å². The van der Waals surface area contributed by atoms with Crippen molar-refractivity contribution < 1.29 is 4.74 Å². The van der Waals surface area contributed by atoms with Crippen LogP contribution in [0.5, 0.6) is 0 Å². The van der Waals surface area contributed by atoms with E-state index in [9.17, 15) is 0 Å². The molecular formula is C13H17Cl2NOS. The van der Waals surface area contributed by atoms with Gasteiger partial charge in [0, 0.05) is 5.56 Å². The topological polar surface area (TPSA) is 21.3 Å². The van der Waals surface area contributed by atoms with Gasteiger partial charge in [-0.1, -0.05) is 30.1 Å². The van der Waals surface area contributed by atoms with Gasteiger partial charge in [0.2, 0.25) is 0 Å². The van der Waals surface area contributed by atoms with Crippen molar-refractivity contribution >= 4 is 34.5 Å². The molecule has 1 N–H and O–H groups in total. The maximum atomic E-state index is 6.26. The summed E-state index contributed by atoms with van der Waals surface area (Å²) in [5.74, 6) is 0. The molecule has 1 aromatic rings. The van der Waals surface area contributed by atoms with Crippen molar-refractivity contribution in [3.8, 4) is 0 Å². The van der Waals surface area contributed by atoms with Crippen LogP contribution in [-0.2, 0) is 4.74 Å². The highest BCUT2D eigenvalue weighted by molar-refractivity contribution is 7.20. The predicted molar refractivity (Wildman–Crippen MR) is 78.6 cm³/mol. The summed E-state index contributed by atoms with van der Waals surface area (Å²) in [7, 11) is 0. The van der Waals surface area contributed by atoms with Crippen LogP contribution in [0, 0.1) is 0 Å². The molecule has 1 unspecified atom stereocenters. The molecule has 2 rings (SSSR count). The Bertz CT molecular complexity index is 431. The van der Waals surface area contributed by atoms with Crippen molar-refractivity contribution in [2.24, 2.45) is 0 Å². The van der Waals surface area contributed by atoms with Gasteiger partial charge < -0.3 is 10.1 Å². The van der Waals surface area contributed by atoms with Crippen LogP contribution in [0.15, 0.2) is 17.9 Å². The lowest BCUT2D eigenvalue weighted by atomic mass is 9.97. The highest BCUT2D eigenvalue weighted by atomic mass is 35.5. The number of thiophene rings is 1. The normalized spacial score (nSPS) is 17.2. The van der Waals surface area contributed by atoms with Gasteiger partial charge in [-0.2, -0.15) is 0 Å². The van der Waals surface area contributed by atoms with Gasteiger partial charge in [0.05, 0.1) is 27.6 Å². The van der Waals surface area contributed by atoms with Crippen LogP contribution in [0.4, 0.5) is 0 Å². The maximum Gasteiger partial charge on any atom is 0.0995 e. The summed E-state index contributed by atoms with van der Waals surface area (Å²) >= 11 is 13.7. The van der Waals surface area contributed by atoms with E-state index in [0.717, 1.165) is 46.7 Å². The van der Waals surface area contributed by atoms with Crippen LogP contribution >= 0.6 is 34.5 Å². The maximum absolute atomic E-state index is 6.26. The number of halogens is 2. The second-order valence-corrected chi connectivity index (χ2v) is 6.62. The Kier molecular flexibility index (Phi) is 5.37. The molecule has 0 fully saturated rings. The van der Waals surface area contributed by atoms with E-state index in [0.29, 0.717) is 0 Å². The molecule has 5 heteroatoms.